The summed E-state index contributed by atoms with van der Waals surface area (Å²) in [4.78, 5) is 0. The van der Waals surface area contributed by atoms with Crippen molar-refractivity contribution >= 4 is 55.3 Å². The standard InChI is InChI=1S/C30H18ClNO/c31-20-17-25(30-26(18-20)24-9-3-6-12-29(24)33-30)19-13-15-21(16-14-19)32-27-10-4-1-7-22(27)23-8-2-5-11-28(23)32/h1-18H. The highest BCUT2D eigenvalue weighted by atomic mass is 35.5. The quantitative estimate of drug-likeness (QED) is 0.260. The number of halogens is 1. The van der Waals surface area contributed by atoms with E-state index in [0.717, 1.165) is 38.8 Å². The summed E-state index contributed by atoms with van der Waals surface area (Å²) in [6.07, 6.45) is 0. The molecular formula is C30H18ClNO. The first-order chi connectivity index (χ1) is 16.3. The average Bonchev–Trinajstić information content (AvgIpc) is 3.40. The Morgan fingerprint density at radius 1 is 0.576 bits per heavy atom. The molecule has 7 rings (SSSR count). The summed E-state index contributed by atoms with van der Waals surface area (Å²) in [7, 11) is 0. The third-order valence-electron chi connectivity index (χ3n) is 6.46. The lowest BCUT2D eigenvalue weighted by atomic mass is 10.0. The molecule has 0 fully saturated rings. The van der Waals surface area contributed by atoms with Crippen molar-refractivity contribution in [2.75, 3.05) is 0 Å². The van der Waals surface area contributed by atoms with Gasteiger partial charge in [0.25, 0.3) is 0 Å². The van der Waals surface area contributed by atoms with Crippen LogP contribution in [0.5, 0.6) is 0 Å². The molecule has 0 unspecified atom stereocenters. The number of para-hydroxylation sites is 3. The zero-order chi connectivity index (χ0) is 21.9. The van der Waals surface area contributed by atoms with Crippen molar-refractivity contribution in [1.29, 1.82) is 0 Å². The number of hydrogen-bond donors (Lipinski definition) is 0. The smallest absolute Gasteiger partial charge is 0.143 e. The van der Waals surface area contributed by atoms with Crippen LogP contribution in [0, 0.1) is 0 Å². The van der Waals surface area contributed by atoms with E-state index in [0.29, 0.717) is 5.02 Å². The molecule has 0 saturated carbocycles. The molecule has 0 aliphatic carbocycles. The van der Waals surface area contributed by atoms with Crippen LogP contribution in [0.15, 0.2) is 114 Å². The fourth-order valence-corrected chi connectivity index (χ4v) is 5.22. The molecule has 3 heteroatoms. The van der Waals surface area contributed by atoms with Gasteiger partial charge in [-0.05, 0) is 48.0 Å². The zero-order valence-corrected chi connectivity index (χ0v) is 18.4. The van der Waals surface area contributed by atoms with Gasteiger partial charge in [0.2, 0.25) is 0 Å². The molecule has 0 amide bonds. The van der Waals surface area contributed by atoms with Crippen LogP contribution in [0.2, 0.25) is 5.02 Å². The van der Waals surface area contributed by atoms with Gasteiger partial charge in [-0.3, -0.25) is 0 Å². The minimum Gasteiger partial charge on any atom is -0.455 e. The SMILES string of the molecule is Clc1cc(-c2ccc(-n3c4ccccc4c4ccccc43)cc2)c2oc3ccccc3c2c1. The van der Waals surface area contributed by atoms with Gasteiger partial charge in [0.05, 0.1) is 11.0 Å². The van der Waals surface area contributed by atoms with Crippen molar-refractivity contribution in [3.8, 4) is 16.8 Å². The first kappa shape index (κ1) is 18.6. The van der Waals surface area contributed by atoms with Gasteiger partial charge in [0.15, 0.2) is 0 Å². The molecule has 0 atom stereocenters. The van der Waals surface area contributed by atoms with Crippen LogP contribution in [-0.2, 0) is 0 Å². The maximum Gasteiger partial charge on any atom is 0.143 e. The Labute approximate surface area is 195 Å². The molecule has 33 heavy (non-hydrogen) atoms. The Morgan fingerprint density at radius 3 is 1.88 bits per heavy atom. The van der Waals surface area contributed by atoms with Crippen molar-refractivity contribution in [3.63, 3.8) is 0 Å². The number of fused-ring (bicyclic) bond motifs is 6. The molecule has 0 radical (unpaired) electrons. The van der Waals surface area contributed by atoms with E-state index in [1.165, 1.54) is 21.8 Å². The summed E-state index contributed by atoms with van der Waals surface area (Å²) in [6, 6.07) is 37.8. The number of nitrogens with zero attached hydrogens (tertiary/aromatic N) is 1. The molecule has 2 nitrogen and oxygen atoms in total. The molecule has 0 saturated heterocycles. The Balaban J connectivity index is 1.43. The highest BCUT2D eigenvalue weighted by molar-refractivity contribution is 6.32. The van der Waals surface area contributed by atoms with E-state index < -0.39 is 0 Å². The van der Waals surface area contributed by atoms with E-state index in [4.69, 9.17) is 16.0 Å². The Bertz CT molecular complexity index is 1770. The Kier molecular flexibility index (Phi) is 3.93. The predicted molar refractivity (Wildman–Crippen MR) is 139 cm³/mol. The molecular weight excluding hydrogens is 426 g/mol. The van der Waals surface area contributed by atoms with Crippen molar-refractivity contribution in [2.24, 2.45) is 0 Å². The molecule has 5 aromatic carbocycles. The Hall–Kier alpha value is -4.01. The van der Waals surface area contributed by atoms with Gasteiger partial charge in [0.1, 0.15) is 11.2 Å². The minimum absolute atomic E-state index is 0.704. The van der Waals surface area contributed by atoms with Crippen LogP contribution in [-0.4, -0.2) is 4.57 Å². The number of benzene rings is 5. The molecule has 0 spiro atoms. The molecule has 156 valence electrons. The summed E-state index contributed by atoms with van der Waals surface area (Å²) in [5, 5.41) is 5.35. The molecule has 2 aromatic heterocycles. The molecule has 0 N–H and O–H groups in total. The van der Waals surface area contributed by atoms with Crippen LogP contribution in [0.4, 0.5) is 0 Å². The number of rotatable bonds is 2. The van der Waals surface area contributed by atoms with Crippen molar-refractivity contribution in [1.82, 2.24) is 4.57 Å². The lowest BCUT2D eigenvalue weighted by Crippen LogP contribution is -1.93. The third-order valence-corrected chi connectivity index (χ3v) is 6.68. The lowest BCUT2D eigenvalue weighted by Gasteiger charge is -2.10. The highest BCUT2D eigenvalue weighted by Gasteiger charge is 2.15. The van der Waals surface area contributed by atoms with Crippen LogP contribution >= 0.6 is 11.6 Å². The van der Waals surface area contributed by atoms with E-state index in [1.54, 1.807) is 0 Å². The summed E-state index contributed by atoms with van der Waals surface area (Å²) in [5.41, 5.74) is 7.35. The summed E-state index contributed by atoms with van der Waals surface area (Å²) >= 11 is 6.53. The second-order valence-electron chi connectivity index (χ2n) is 8.34. The third kappa shape index (κ3) is 2.75. The first-order valence-electron chi connectivity index (χ1n) is 11.0. The van der Waals surface area contributed by atoms with Crippen molar-refractivity contribution < 1.29 is 4.42 Å². The van der Waals surface area contributed by atoms with Gasteiger partial charge in [-0.25, -0.2) is 0 Å². The topological polar surface area (TPSA) is 18.1 Å². The second-order valence-corrected chi connectivity index (χ2v) is 8.78. The average molecular weight is 444 g/mol. The number of hydrogen-bond acceptors (Lipinski definition) is 1. The number of aromatic nitrogens is 1. The van der Waals surface area contributed by atoms with E-state index in [-0.39, 0.29) is 0 Å². The van der Waals surface area contributed by atoms with E-state index >= 15 is 0 Å². The monoisotopic (exact) mass is 443 g/mol. The fraction of sp³-hybridized carbons (Fsp3) is 0. The molecule has 0 aliphatic rings. The van der Waals surface area contributed by atoms with Gasteiger partial charge < -0.3 is 8.98 Å². The van der Waals surface area contributed by atoms with E-state index in [1.807, 2.05) is 30.3 Å². The second kappa shape index (κ2) is 6.99. The van der Waals surface area contributed by atoms with Gasteiger partial charge >= 0.3 is 0 Å². The highest BCUT2D eigenvalue weighted by Crippen LogP contribution is 2.39. The molecule has 7 aromatic rings. The van der Waals surface area contributed by atoms with E-state index in [9.17, 15) is 0 Å². The van der Waals surface area contributed by atoms with Crippen LogP contribution in [0.25, 0.3) is 60.6 Å². The van der Waals surface area contributed by atoms with E-state index in [2.05, 4.69) is 83.4 Å². The molecule has 0 aliphatic heterocycles. The van der Waals surface area contributed by atoms with Crippen LogP contribution in [0.1, 0.15) is 0 Å². The molecule has 0 bridgehead atoms. The normalized spacial score (nSPS) is 11.8. The van der Waals surface area contributed by atoms with Crippen molar-refractivity contribution in [2.45, 2.75) is 0 Å². The zero-order valence-electron chi connectivity index (χ0n) is 17.6. The minimum atomic E-state index is 0.704. The summed E-state index contributed by atoms with van der Waals surface area (Å²) in [5.74, 6) is 0. The predicted octanol–water partition coefficient (Wildman–Crippen LogP) is 9.00. The van der Waals surface area contributed by atoms with Gasteiger partial charge in [0, 0.05) is 37.8 Å². The number of furan rings is 1. The van der Waals surface area contributed by atoms with Gasteiger partial charge in [-0.15, -0.1) is 0 Å². The maximum atomic E-state index is 6.53. The lowest BCUT2D eigenvalue weighted by molar-refractivity contribution is 0.670. The van der Waals surface area contributed by atoms with Gasteiger partial charge in [-0.2, -0.15) is 0 Å². The fourth-order valence-electron chi connectivity index (χ4n) is 5.00. The maximum absolute atomic E-state index is 6.53. The van der Waals surface area contributed by atoms with Crippen LogP contribution in [0.3, 0.4) is 0 Å². The first-order valence-corrected chi connectivity index (χ1v) is 11.4. The summed E-state index contributed by atoms with van der Waals surface area (Å²) < 4.78 is 8.57. The van der Waals surface area contributed by atoms with Crippen molar-refractivity contribution in [3.05, 3.63) is 114 Å². The molecule has 2 heterocycles. The largest absolute Gasteiger partial charge is 0.455 e. The van der Waals surface area contributed by atoms with Gasteiger partial charge in [-0.1, -0.05) is 78.3 Å². The van der Waals surface area contributed by atoms with Crippen LogP contribution < -0.4 is 0 Å². The summed E-state index contributed by atoms with van der Waals surface area (Å²) in [6.45, 7) is 0. The Morgan fingerprint density at radius 2 is 1.18 bits per heavy atom.